The fraction of sp³-hybridized carbons (Fsp3) is 0.364. The summed E-state index contributed by atoms with van der Waals surface area (Å²) in [7, 11) is 0. The molecule has 0 bridgehead atoms. The SMILES string of the molecule is CCOC(=O)c1c(I)cc(C(F)(F)F)cc1C(F)(F)F. The number of benzene rings is 1. The molecule has 0 aliphatic heterocycles. The van der Waals surface area contributed by atoms with E-state index in [-0.39, 0.29) is 12.7 Å². The van der Waals surface area contributed by atoms with Crippen molar-refractivity contribution in [3.63, 3.8) is 0 Å². The van der Waals surface area contributed by atoms with Crippen LogP contribution in [0.15, 0.2) is 12.1 Å². The molecule has 0 unspecified atom stereocenters. The number of hydrogen-bond donors (Lipinski definition) is 0. The summed E-state index contributed by atoms with van der Waals surface area (Å²) in [5.41, 5.74) is -4.04. The molecular weight excluding hydrogens is 405 g/mol. The zero-order valence-corrected chi connectivity index (χ0v) is 12.0. The average molecular weight is 412 g/mol. The smallest absolute Gasteiger partial charge is 0.417 e. The van der Waals surface area contributed by atoms with E-state index in [0.29, 0.717) is 6.07 Å². The van der Waals surface area contributed by atoms with E-state index in [1.807, 2.05) is 0 Å². The van der Waals surface area contributed by atoms with Crippen LogP contribution in [-0.2, 0) is 17.1 Å². The number of rotatable bonds is 2. The highest BCUT2D eigenvalue weighted by molar-refractivity contribution is 14.1. The molecule has 0 aliphatic rings. The lowest BCUT2D eigenvalue weighted by molar-refractivity contribution is -0.143. The Bertz CT molecular complexity index is 521. The fourth-order valence-electron chi connectivity index (χ4n) is 1.40. The van der Waals surface area contributed by atoms with Gasteiger partial charge in [-0.3, -0.25) is 0 Å². The Morgan fingerprint density at radius 2 is 1.70 bits per heavy atom. The molecule has 0 spiro atoms. The summed E-state index contributed by atoms with van der Waals surface area (Å²) in [6.07, 6.45) is -10.0. The van der Waals surface area contributed by atoms with E-state index in [9.17, 15) is 31.1 Å². The molecule has 0 heterocycles. The zero-order chi connectivity index (χ0) is 15.7. The molecule has 0 atom stereocenters. The minimum atomic E-state index is -5.09. The van der Waals surface area contributed by atoms with Crippen LogP contribution in [0.3, 0.4) is 0 Å². The first-order chi connectivity index (χ1) is 8.98. The summed E-state index contributed by atoms with van der Waals surface area (Å²) in [6, 6.07) is 0.385. The largest absolute Gasteiger partial charge is 0.462 e. The molecule has 1 aromatic carbocycles. The maximum absolute atomic E-state index is 12.8. The quantitative estimate of drug-likeness (QED) is 0.406. The molecule has 20 heavy (non-hydrogen) atoms. The number of halogens is 7. The van der Waals surface area contributed by atoms with Crippen LogP contribution in [0.1, 0.15) is 28.4 Å². The fourth-order valence-corrected chi connectivity index (χ4v) is 2.25. The van der Waals surface area contributed by atoms with E-state index in [4.69, 9.17) is 0 Å². The third-order valence-corrected chi connectivity index (χ3v) is 3.05. The zero-order valence-electron chi connectivity index (χ0n) is 9.82. The van der Waals surface area contributed by atoms with Crippen molar-refractivity contribution in [1.82, 2.24) is 0 Å². The minimum Gasteiger partial charge on any atom is -0.462 e. The highest BCUT2D eigenvalue weighted by Crippen LogP contribution is 2.39. The lowest BCUT2D eigenvalue weighted by atomic mass is 10.0. The summed E-state index contributed by atoms with van der Waals surface area (Å²) in [4.78, 5) is 11.5. The maximum atomic E-state index is 12.8. The van der Waals surface area contributed by atoms with Crippen molar-refractivity contribution >= 4 is 28.6 Å². The molecule has 9 heteroatoms. The van der Waals surface area contributed by atoms with Crippen LogP contribution in [0.25, 0.3) is 0 Å². The Morgan fingerprint density at radius 3 is 2.10 bits per heavy atom. The van der Waals surface area contributed by atoms with Crippen molar-refractivity contribution in [3.05, 3.63) is 32.4 Å². The average Bonchev–Trinajstić information content (AvgIpc) is 2.25. The summed E-state index contributed by atoms with van der Waals surface area (Å²) in [6.45, 7) is 1.19. The van der Waals surface area contributed by atoms with Gasteiger partial charge in [-0.1, -0.05) is 0 Å². The van der Waals surface area contributed by atoms with E-state index in [1.54, 1.807) is 0 Å². The maximum Gasteiger partial charge on any atom is 0.417 e. The lowest BCUT2D eigenvalue weighted by Gasteiger charge is -2.16. The topological polar surface area (TPSA) is 26.3 Å². The molecule has 2 nitrogen and oxygen atoms in total. The van der Waals surface area contributed by atoms with E-state index in [1.165, 1.54) is 29.5 Å². The molecular formula is C11H7F6IO2. The second-order valence-corrected chi connectivity index (χ2v) is 4.76. The van der Waals surface area contributed by atoms with Crippen molar-refractivity contribution in [3.8, 4) is 0 Å². The molecule has 112 valence electrons. The van der Waals surface area contributed by atoms with Gasteiger partial charge in [-0.25, -0.2) is 4.79 Å². The first kappa shape index (κ1) is 17.1. The van der Waals surface area contributed by atoms with E-state index >= 15 is 0 Å². The molecule has 1 rings (SSSR count). The van der Waals surface area contributed by atoms with E-state index in [0.717, 1.165) is 0 Å². The summed E-state index contributed by atoms with van der Waals surface area (Å²) >= 11 is 1.25. The summed E-state index contributed by atoms with van der Waals surface area (Å²) < 4.78 is 80.0. The first-order valence-electron chi connectivity index (χ1n) is 5.13. The van der Waals surface area contributed by atoms with Gasteiger partial charge in [0.2, 0.25) is 0 Å². The van der Waals surface area contributed by atoms with Crippen molar-refractivity contribution < 1.29 is 35.9 Å². The van der Waals surface area contributed by atoms with E-state index < -0.39 is 38.6 Å². The van der Waals surface area contributed by atoms with E-state index in [2.05, 4.69) is 4.74 Å². The van der Waals surface area contributed by atoms with Gasteiger partial charge < -0.3 is 4.74 Å². The Labute approximate surface area is 123 Å². The van der Waals surface area contributed by atoms with Crippen LogP contribution < -0.4 is 0 Å². The summed E-state index contributed by atoms with van der Waals surface area (Å²) in [5.74, 6) is -1.31. The lowest BCUT2D eigenvalue weighted by Crippen LogP contribution is -2.19. The van der Waals surface area contributed by atoms with Gasteiger partial charge in [-0.2, -0.15) is 26.3 Å². The van der Waals surface area contributed by atoms with Gasteiger partial charge in [-0.15, -0.1) is 0 Å². The van der Waals surface area contributed by atoms with Crippen molar-refractivity contribution in [2.45, 2.75) is 19.3 Å². The number of ether oxygens (including phenoxy) is 1. The molecule has 0 amide bonds. The molecule has 0 aliphatic carbocycles. The first-order valence-corrected chi connectivity index (χ1v) is 6.21. The molecule has 0 saturated carbocycles. The normalized spacial score (nSPS) is 12.4. The molecule has 1 aromatic rings. The Balaban J connectivity index is 3.56. The molecule has 0 aromatic heterocycles. The summed E-state index contributed by atoms with van der Waals surface area (Å²) in [5, 5.41) is 0. The monoisotopic (exact) mass is 412 g/mol. The number of hydrogen-bond acceptors (Lipinski definition) is 2. The van der Waals surface area contributed by atoms with Crippen LogP contribution >= 0.6 is 22.6 Å². The number of alkyl halides is 6. The van der Waals surface area contributed by atoms with Gasteiger partial charge in [0.05, 0.1) is 23.3 Å². The van der Waals surface area contributed by atoms with Crippen LogP contribution in [0.5, 0.6) is 0 Å². The Morgan fingerprint density at radius 1 is 1.15 bits per heavy atom. The van der Waals surface area contributed by atoms with Gasteiger partial charge in [0.25, 0.3) is 0 Å². The molecule has 0 N–H and O–H groups in total. The highest BCUT2D eigenvalue weighted by Gasteiger charge is 2.41. The molecule has 0 radical (unpaired) electrons. The third-order valence-electron chi connectivity index (χ3n) is 2.20. The predicted octanol–water partition coefficient (Wildman–Crippen LogP) is 4.51. The van der Waals surface area contributed by atoms with Gasteiger partial charge in [0.1, 0.15) is 0 Å². The van der Waals surface area contributed by atoms with Crippen LogP contribution in [0.2, 0.25) is 0 Å². The molecule has 0 saturated heterocycles. The second kappa shape index (κ2) is 5.78. The third kappa shape index (κ3) is 3.76. The van der Waals surface area contributed by atoms with Crippen molar-refractivity contribution in [1.29, 1.82) is 0 Å². The number of esters is 1. The minimum absolute atomic E-state index is 0.0889. The van der Waals surface area contributed by atoms with Gasteiger partial charge in [-0.05, 0) is 41.6 Å². The second-order valence-electron chi connectivity index (χ2n) is 3.60. The van der Waals surface area contributed by atoms with Gasteiger partial charge in [0.15, 0.2) is 0 Å². The Hall–Kier alpha value is -1.00. The highest BCUT2D eigenvalue weighted by atomic mass is 127. The standard InChI is InChI=1S/C11H7F6IO2/c1-2-20-9(19)8-6(11(15,16)17)3-5(4-7(8)18)10(12,13)14/h3-4H,2H2,1H3. The Kier molecular flexibility index (Phi) is 4.93. The van der Waals surface area contributed by atoms with Crippen LogP contribution in [0.4, 0.5) is 26.3 Å². The number of carbonyl (C=O) groups excluding carboxylic acids is 1. The predicted molar refractivity (Wildman–Crippen MR) is 65.1 cm³/mol. The van der Waals surface area contributed by atoms with Gasteiger partial charge in [0, 0.05) is 3.57 Å². The van der Waals surface area contributed by atoms with Crippen LogP contribution in [0, 0.1) is 3.57 Å². The van der Waals surface area contributed by atoms with Crippen molar-refractivity contribution in [2.75, 3.05) is 6.61 Å². The van der Waals surface area contributed by atoms with Crippen molar-refractivity contribution in [2.24, 2.45) is 0 Å². The molecule has 0 fully saturated rings. The van der Waals surface area contributed by atoms with Gasteiger partial charge >= 0.3 is 18.3 Å². The van der Waals surface area contributed by atoms with Crippen LogP contribution in [-0.4, -0.2) is 12.6 Å². The number of carbonyl (C=O) groups is 1.